The molecule has 1 heterocycles. The number of carbonyl (C=O) groups excluding carboxylic acids is 1. The van der Waals surface area contributed by atoms with Crippen molar-refractivity contribution in [1.82, 2.24) is 10.6 Å². The van der Waals surface area contributed by atoms with E-state index in [0.717, 1.165) is 6.42 Å². The summed E-state index contributed by atoms with van der Waals surface area (Å²) in [6, 6.07) is -0.964. The van der Waals surface area contributed by atoms with Crippen molar-refractivity contribution in [2.24, 2.45) is 5.92 Å². The van der Waals surface area contributed by atoms with Gasteiger partial charge in [-0.3, -0.25) is 14.9 Å². The van der Waals surface area contributed by atoms with Gasteiger partial charge in [-0.1, -0.05) is 13.8 Å². The smallest absolute Gasteiger partial charge is 0.320 e. The molecule has 1 aliphatic rings. The Morgan fingerprint density at radius 1 is 1.53 bits per heavy atom. The van der Waals surface area contributed by atoms with Crippen LogP contribution >= 0.6 is 0 Å². The van der Waals surface area contributed by atoms with Gasteiger partial charge in [-0.2, -0.15) is 0 Å². The van der Waals surface area contributed by atoms with Crippen molar-refractivity contribution in [3.63, 3.8) is 0 Å². The first-order valence-corrected chi connectivity index (χ1v) is 5.21. The van der Waals surface area contributed by atoms with E-state index in [1.165, 1.54) is 0 Å². The molecular formula is C10H18N2O3. The fraction of sp³-hybridized carbons (Fsp3) is 0.800. The number of nitrogens with one attached hydrogen (secondary N) is 2. The summed E-state index contributed by atoms with van der Waals surface area (Å²) >= 11 is 0. The van der Waals surface area contributed by atoms with Gasteiger partial charge in [0.15, 0.2) is 0 Å². The number of aliphatic carboxylic acids is 1. The van der Waals surface area contributed by atoms with Crippen LogP contribution in [0, 0.1) is 5.92 Å². The third-order valence-electron chi connectivity index (χ3n) is 2.54. The average molecular weight is 214 g/mol. The molecule has 15 heavy (non-hydrogen) atoms. The molecule has 0 saturated carbocycles. The Morgan fingerprint density at radius 3 is 2.53 bits per heavy atom. The van der Waals surface area contributed by atoms with E-state index in [2.05, 4.69) is 24.5 Å². The summed E-state index contributed by atoms with van der Waals surface area (Å²) < 4.78 is 0. The fourth-order valence-electron chi connectivity index (χ4n) is 1.68. The van der Waals surface area contributed by atoms with E-state index in [-0.39, 0.29) is 18.0 Å². The van der Waals surface area contributed by atoms with E-state index in [4.69, 9.17) is 5.11 Å². The van der Waals surface area contributed by atoms with Crippen LogP contribution in [0.1, 0.15) is 27.2 Å². The summed E-state index contributed by atoms with van der Waals surface area (Å²) in [7, 11) is 0. The molecule has 86 valence electrons. The average Bonchev–Trinajstić information content (AvgIpc) is 2.12. The van der Waals surface area contributed by atoms with Gasteiger partial charge in [0, 0.05) is 0 Å². The Balaban J connectivity index is 2.45. The topological polar surface area (TPSA) is 78.4 Å². The SMILES string of the molecule is CC(C)C[C@H]1NC(=O)[C@@H]1N[C@@H](C)C(=O)O. The third kappa shape index (κ3) is 2.92. The van der Waals surface area contributed by atoms with Crippen LogP contribution in [-0.4, -0.2) is 35.1 Å². The van der Waals surface area contributed by atoms with Gasteiger partial charge in [-0.25, -0.2) is 0 Å². The molecule has 1 amide bonds. The molecule has 5 nitrogen and oxygen atoms in total. The molecule has 0 aromatic carbocycles. The Hall–Kier alpha value is -1.10. The number of β-lactam (4-membered cyclic amide) rings is 1. The molecule has 0 bridgehead atoms. The minimum absolute atomic E-state index is 0.0688. The Morgan fingerprint density at radius 2 is 2.13 bits per heavy atom. The van der Waals surface area contributed by atoms with E-state index >= 15 is 0 Å². The molecule has 0 aromatic heterocycles. The maximum Gasteiger partial charge on any atom is 0.320 e. The fourth-order valence-corrected chi connectivity index (χ4v) is 1.68. The van der Waals surface area contributed by atoms with Crippen molar-refractivity contribution >= 4 is 11.9 Å². The van der Waals surface area contributed by atoms with Gasteiger partial charge in [-0.05, 0) is 19.3 Å². The van der Waals surface area contributed by atoms with Crippen molar-refractivity contribution in [3.05, 3.63) is 0 Å². The highest BCUT2D eigenvalue weighted by Gasteiger charge is 2.40. The zero-order valence-corrected chi connectivity index (χ0v) is 9.28. The summed E-state index contributed by atoms with van der Waals surface area (Å²) in [5, 5.41) is 14.3. The number of amides is 1. The van der Waals surface area contributed by atoms with Crippen LogP contribution < -0.4 is 10.6 Å². The van der Waals surface area contributed by atoms with Gasteiger partial charge in [0.05, 0.1) is 6.04 Å². The molecular weight excluding hydrogens is 196 g/mol. The van der Waals surface area contributed by atoms with Crippen LogP contribution in [0.25, 0.3) is 0 Å². The molecule has 1 fully saturated rings. The number of carboxylic acids is 1. The number of rotatable bonds is 5. The van der Waals surface area contributed by atoms with Crippen LogP contribution in [0.5, 0.6) is 0 Å². The number of carboxylic acid groups (broad SMARTS) is 1. The monoisotopic (exact) mass is 214 g/mol. The number of carbonyl (C=O) groups is 2. The van der Waals surface area contributed by atoms with Crippen LogP contribution in [0.15, 0.2) is 0 Å². The first kappa shape index (κ1) is 12.0. The summed E-state index contributed by atoms with van der Waals surface area (Å²) in [6.07, 6.45) is 0.871. The van der Waals surface area contributed by atoms with E-state index in [1.807, 2.05) is 0 Å². The summed E-state index contributed by atoms with van der Waals surface area (Å²) in [4.78, 5) is 21.8. The van der Waals surface area contributed by atoms with E-state index in [9.17, 15) is 9.59 Å². The van der Waals surface area contributed by atoms with Crippen molar-refractivity contribution in [2.45, 2.75) is 45.3 Å². The summed E-state index contributed by atoms with van der Waals surface area (Å²) in [5.74, 6) is -0.549. The molecule has 0 aliphatic carbocycles. The molecule has 1 rings (SSSR count). The van der Waals surface area contributed by atoms with Gasteiger partial charge in [0.1, 0.15) is 12.1 Å². The largest absolute Gasteiger partial charge is 0.480 e. The van der Waals surface area contributed by atoms with E-state index in [1.54, 1.807) is 6.92 Å². The van der Waals surface area contributed by atoms with Gasteiger partial charge in [0.2, 0.25) is 5.91 Å². The van der Waals surface area contributed by atoms with Gasteiger partial charge in [0.25, 0.3) is 0 Å². The maximum absolute atomic E-state index is 11.2. The molecule has 3 N–H and O–H groups in total. The van der Waals surface area contributed by atoms with Crippen molar-refractivity contribution in [2.75, 3.05) is 0 Å². The molecule has 0 spiro atoms. The number of hydrogen-bond donors (Lipinski definition) is 3. The van der Waals surface area contributed by atoms with Gasteiger partial charge < -0.3 is 10.4 Å². The summed E-state index contributed by atoms with van der Waals surface area (Å²) in [6.45, 7) is 5.69. The predicted octanol–water partition coefficient (Wildman–Crippen LogP) is -0.0378. The molecule has 0 unspecified atom stereocenters. The zero-order chi connectivity index (χ0) is 11.6. The second-order valence-electron chi connectivity index (χ2n) is 4.45. The molecule has 3 atom stereocenters. The standard InChI is InChI=1S/C10H18N2O3/c1-5(2)4-7-8(9(13)12-7)11-6(3)10(14)15/h5-8,11H,4H2,1-3H3,(H,12,13)(H,14,15)/t6-,7+,8+/m0/s1. The number of hydrogen-bond acceptors (Lipinski definition) is 3. The second kappa shape index (κ2) is 4.61. The highest BCUT2D eigenvalue weighted by molar-refractivity contribution is 5.90. The van der Waals surface area contributed by atoms with Crippen molar-refractivity contribution in [1.29, 1.82) is 0 Å². The Labute approximate surface area is 89.2 Å². The molecule has 5 heteroatoms. The molecule has 1 saturated heterocycles. The molecule has 0 aromatic rings. The van der Waals surface area contributed by atoms with Crippen LogP contribution in [0.2, 0.25) is 0 Å². The Bertz CT molecular complexity index is 265. The van der Waals surface area contributed by atoms with E-state index in [0.29, 0.717) is 5.92 Å². The normalized spacial score (nSPS) is 27.1. The van der Waals surface area contributed by atoms with E-state index < -0.39 is 12.0 Å². The minimum Gasteiger partial charge on any atom is -0.480 e. The van der Waals surface area contributed by atoms with Crippen LogP contribution in [-0.2, 0) is 9.59 Å². The third-order valence-corrected chi connectivity index (χ3v) is 2.54. The molecule has 1 aliphatic heterocycles. The minimum atomic E-state index is -0.932. The lowest BCUT2D eigenvalue weighted by Gasteiger charge is -2.39. The zero-order valence-electron chi connectivity index (χ0n) is 9.28. The first-order chi connectivity index (χ1) is 6.91. The highest BCUT2D eigenvalue weighted by Crippen LogP contribution is 2.16. The Kier molecular flexibility index (Phi) is 3.68. The quantitative estimate of drug-likeness (QED) is 0.561. The van der Waals surface area contributed by atoms with Gasteiger partial charge >= 0.3 is 5.97 Å². The van der Waals surface area contributed by atoms with Gasteiger partial charge in [-0.15, -0.1) is 0 Å². The van der Waals surface area contributed by atoms with Crippen LogP contribution in [0.3, 0.4) is 0 Å². The van der Waals surface area contributed by atoms with Crippen LogP contribution in [0.4, 0.5) is 0 Å². The lowest BCUT2D eigenvalue weighted by atomic mass is 9.90. The second-order valence-corrected chi connectivity index (χ2v) is 4.45. The maximum atomic E-state index is 11.2. The van der Waals surface area contributed by atoms with Crippen molar-refractivity contribution in [3.8, 4) is 0 Å². The van der Waals surface area contributed by atoms with Crippen molar-refractivity contribution < 1.29 is 14.7 Å². The summed E-state index contributed by atoms with van der Waals surface area (Å²) in [5.41, 5.74) is 0. The highest BCUT2D eigenvalue weighted by atomic mass is 16.4. The molecule has 0 radical (unpaired) electrons. The lowest BCUT2D eigenvalue weighted by molar-refractivity contribution is -0.140. The lowest BCUT2D eigenvalue weighted by Crippen LogP contribution is -2.70. The first-order valence-electron chi connectivity index (χ1n) is 5.21. The predicted molar refractivity (Wildman–Crippen MR) is 55.4 cm³/mol.